The van der Waals surface area contributed by atoms with Crippen molar-refractivity contribution in [2.24, 2.45) is 0 Å². The number of para-hydroxylation sites is 2. The second-order valence-corrected chi connectivity index (χ2v) is 5.89. The van der Waals surface area contributed by atoms with Gasteiger partial charge in [-0.3, -0.25) is 0 Å². The number of benzene rings is 2. The molecule has 1 heterocycles. The van der Waals surface area contributed by atoms with Crippen LogP contribution in [0.4, 0.5) is 11.4 Å². The maximum Gasteiger partial charge on any atom is 0.0637 e. The summed E-state index contributed by atoms with van der Waals surface area (Å²) in [5, 5.41) is 4.22. The SMILES string of the molecule is Clc1ccccc1NCCN1CCCCc2ccccc21. The first-order valence-corrected chi connectivity index (χ1v) is 8.03. The molecule has 0 atom stereocenters. The van der Waals surface area contributed by atoms with Gasteiger partial charge in [-0.2, -0.15) is 0 Å². The van der Waals surface area contributed by atoms with Crippen LogP contribution in [-0.2, 0) is 6.42 Å². The fourth-order valence-electron chi connectivity index (χ4n) is 2.93. The second-order valence-electron chi connectivity index (χ2n) is 5.48. The summed E-state index contributed by atoms with van der Waals surface area (Å²) in [7, 11) is 0. The standard InChI is InChI=1S/C18H21ClN2/c19-16-9-2-3-10-17(16)20-12-14-21-13-6-5-8-15-7-1-4-11-18(15)21/h1-4,7,9-11,20H,5-6,8,12-14H2. The molecular weight excluding hydrogens is 280 g/mol. The molecule has 0 bridgehead atoms. The van der Waals surface area contributed by atoms with Gasteiger partial charge in [-0.25, -0.2) is 0 Å². The summed E-state index contributed by atoms with van der Waals surface area (Å²) in [6.07, 6.45) is 3.75. The van der Waals surface area contributed by atoms with Crippen molar-refractivity contribution in [3.8, 4) is 0 Å². The lowest BCUT2D eigenvalue weighted by Gasteiger charge is -2.25. The molecule has 0 aliphatic carbocycles. The molecule has 0 unspecified atom stereocenters. The Bertz CT molecular complexity index is 597. The van der Waals surface area contributed by atoms with Crippen LogP contribution in [0, 0.1) is 0 Å². The molecule has 0 fully saturated rings. The molecule has 0 aromatic heterocycles. The second kappa shape index (κ2) is 6.86. The van der Waals surface area contributed by atoms with Crippen LogP contribution in [0.15, 0.2) is 48.5 Å². The van der Waals surface area contributed by atoms with Gasteiger partial charge < -0.3 is 10.2 Å². The van der Waals surface area contributed by atoms with Gasteiger partial charge in [0.1, 0.15) is 0 Å². The lowest BCUT2D eigenvalue weighted by molar-refractivity contribution is 0.719. The van der Waals surface area contributed by atoms with Gasteiger partial charge in [0.15, 0.2) is 0 Å². The summed E-state index contributed by atoms with van der Waals surface area (Å²) < 4.78 is 0. The van der Waals surface area contributed by atoms with E-state index >= 15 is 0 Å². The summed E-state index contributed by atoms with van der Waals surface area (Å²) >= 11 is 6.18. The first-order chi connectivity index (χ1) is 10.3. The minimum absolute atomic E-state index is 0.786. The van der Waals surface area contributed by atoms with E-state index in [0.717, 1.165) is 30.3 Å². The molecule has 3 rings (SSSR count). The van der Waals surface area contributed by atoms with Crippen molar-refractivity contribution >= 4 is 23.0 Å². The van der Waals surface area contributed by atoms with Gasteiger partial charge in [0, 0.05) is 25.3 Å². The van der Waals surface area contributed by atoms with Crippen LogP contribution in [0.1, 0.15) is 18.4 Å². The molecule has 2 nitrogen and oxygen atoms in total. The number of anilines is 2. The highest BCUT2D eigenvalue weighted by Crippen LogP contribution is 2.26. The van der Waals surface area contributed by atoms with Crippen molar-refractivity contribution in [2.75, 3.05) is 29.9 Å². The van der Waals surface area contributed by atoms with Crippen molar-refractivity contribution in [3.05, 3.63) is 59.1 Å². The molecule has 0 radical (unpaired) electrons. The monoisotopic (exact) mass is 300 g/mol. The Hall–Kier alpha value is -1.67. The smallest absolute Gasteiger partial charge is 0.0637 e. The molecule has 110 valence electrons. The Labute approximate surface area is 131 Å². The van der Waals surface area contributed by atoms with Gasteiger partial charge in [0.2, 0.25) is 0 Å². The third-order valence-corrected chi connectivity index (χ3v) is 4.36. The zero-order valence-electron chi connectivity index (χ0n) is 12.2. The van der Waals surface area contributed by atoms with Crippen LogP contribution in [0.5, 0.6) is 0 Å². The molecule has 0 spiro atoms. The summed E-state index contributed by atoms with van der Waals surface area (Å²) in [5.74, 6) is 0. The van der Waals surface area contributed by atoms with E-state index in [-0.39, 0.29) is 0 Å². The molecule has 21 heavy (non-hydrogen) atoms. The van der Waals surface area contributed by atoms with E-state index in [9.17, 15) is 0 Å². The van der Waals surface area contributed by atoms with Crippen LogP contribution in [0.25, 0.3) is 0 Å². The van der Waals surface area contributed by atoms with Gasteiger partial charge in [-0.1, -0.05) is 41.9 Å². The number of nitrogens with zero attached hydrogens (tertiary/aromatic N) is 1. The van der Waals surface area contributed by atoms with Crippen LogP contribution in [0.3, 0.4) is 0 Å². The number of hydrogen-bond acceptors (Lipinski definition) is 2. The van der Waals surface area contributed by atoms with E-state index < -0.39 is 0 Å². The molecule has 3 heteroatoms. The predicted molar refractivity (Wildman–Crippen MR) is 91.5 cm³/mol. The highest BCUT2D eigenvalue weighted by Gasteiger charge is 2.14. The summed E-state index contributed by atoms with van der Waals surface area (Å²) in [6.45, 7) is 3.04. The third kappa shape index (κ3) is 3.51. The van der Waals surface area contributed by atoms with Crippen LogP contribution in [0.2, 0.25) is 5.02 Å². The lowest BCUT2D eigenvalue weighted by atomic mass is 10.1. The molecule has 1 aliphatic rings. The number of nitrogens with one attached hydrogen (secondary N) is 1. The van der Waals surface area contributed by atoms with Gasteiger partial charge >= 0.3 is 0 Å². The van der Waals surface area contributed by atoms with E-state index in [1.54, 1.807) is 0 Å². The number of hydrogen-bond donors (Lipinski definition) is 1. The molecule has 2 aromatic rings. The molecule has 0 amide bonds. The van der Waals surface area contributed by atoms with Crippen molar-refractivity contribution in [2.45, 2.75) is 19.3 Å². The first kappa shape index (κ1) is 14.3. The normalized spacial score (nSPS) is 14.4. The predicted octanol–water partition coefficient (Wildman–Crippen LogP) is 4.59. The molecule has 2 aromatic carbocycles. The largest absolute Gasteiger partial charge is 0.382 e. The fraction of sp³-hybridized carbons (Fsp3) is 0.333. The number of fused-ring (bicyclic) bond motifs is 1. The van der Waals surface area contributed by atoms with Crippen molar-refractivity contribution < 1.29 is 0 Å². The number of aryl methyl sites for hydroxylation is 1. The molecular formula is C18H21ClN2. The van der Waals surface area contributed by atoms with Crippen LogP contribution < -0.4 is 10.2 Å². The molecule has 0 saturated heterocycles. The summed E-state index contributed by atoms with van der Waals surface area (Å²) in [5.41, 5.74) is 3.89. The highest BCUT2D eigenvalue weighted by atomic mass is 35.5. The Morgan fingerprint density at radius 2 is 1.81 bits per heavy atom. The quantitative estimate of drug-likeness (QED) is 0.888. The van der Waals surface area contributed by atoms with Crippen LogP contribution >= 0.6 is 11.6 Å². The third-order valence-electron chi connectivity index (χ3n) is 4.03. The van der Waals surface area contributed by atoms with Gasteiger partial charge in [0.05, 0.1) is 10.7 Å². The van der Waals surface area contributed by atoms with E-state index in [1.807, 2.05) is 24.3 Å². The van der Waals surface area contributed by atoms with E-state index in [0.29, 0.717) is 0 Å². The van der Waals surface area contributed by atoms with E-state index in [4.69, 9.17) is 11.6 Å². The maximum absolute atomic E-state index is 6.18. The summed E-state index contributed by atoms with van der Waals surface area (Å²) in [6, 6.07) is 16.7. The van der Waals surface area contributed by atoms with Gasteiger partial charge in [-0.15, -0.1) is 0 Å². The van der Waals surface area contributed by atoms with E-state index in [2.05, 4.69) is 34.5 Å². The Kier molecular flexibility index (Phi) is 4.66. The minimum Gasteiger partial charge on any atom is -0.382 e. The Balaban J connectivity index is 1.64. The van der Waals surface area contributed by atoms with E-state index in [1.165, 1.54) is 30.5 Å². The van der Waals surface area contributed by atoms with Crippen molar-refractivity contribution in [1.29, 1.82) is 0 Å². The average molecular weight is 301 g/mol. The molecule has 0 saturated carbocycles. The molecule has 1 N–H and O–H groups in total. The zero-order valence-corrected chi connectivity index (χ0v) is 12.9. The van der Waals surface area contributed by atoms with Crippen molar-refractivity contribution in [3.63, 3.8) is 0 Å². The molecule has 1 aliphatic heterocycles. The minimum atomic E-state index is 0.786. The maximum atomic E-state index is 6.18. The highest BCUT2D eigenvalue weighted by molar-refractivity contribution is 6.33. The Morgan fingerprint density at radius 3 is 2.71 bits per heavy atom. The lowest BCUT2D eigenvalue weighted by Crippen LogP contribution is -2.29. The number of halogens is 1. The summed E-state index contributed by atoms with van der Waals surface area (Å²) in [4.78, 5) is 2.49. The number of rotatable bonds is 4. The van der Waals surface area contributed by atoms with Crippen LogP contribution in [-0.4, -0.2) is 19.6 Å². The van der Waals surface area contributed by atoms with Crippen molar-refractivity contribution in [1.82, 2.24) is 0 Å². The van der Waals surface area contributed by atoms with Gasteiger partial charge in [-0.05, 0) is 43.0 Å². The fourth-order valence-corrected chi connectivity index (χ4v) is 3.13. The first-order valence-electron chi connectivity index (χ1n) is 7.66. The van der Waals surface area contributed by atoms with Gasteiger partial charge in [0.25, 0.3) is 0 Å². The average Bonchev–Trinajstić information content (AvgIpc) is 2.72. The topological polar surface area (TPSA) is 15.3 Å². The zero-order chi connectivity index (χ0) is 14.5. The Morgan fingerprint density at radius 1 is 1.00 bits per heavy atom.